The van der Waals surface area contributed by atoms with Gasteiger partial charge in [0, 0.05) is 11.6 Å². The molecule has 18 heavy (non-hydrogen) atoms. The number of amides is 1. The van der Waals surface area contributed by atoms with Crippen LogP contribution in [0, 0.1) is 0 Å². The highest BCUT2D eigenvalue weighted by Crippen LogP contribution is 2.20. The number of carbonyl (C=O) groups excluding carboxylic acids is 2. The fourth-order valence-corrected chi connectivity index (χ4v) is 2.01. The van der Waals surface area contributed by atoms with E-state index in [0.29, 0.717) is 10.0 Å². The van der Waals surface area contributed by atoms with Crippen LogP contribution in [0.1, 0.15) is 10.4 Å². The molecule has 0 aliphatic heterocycles. The Morgan fingerprint density at radius 2 is 2.11 bits per heavy atom. The van der Waals surface area contributed by atoms with Crippen LogP contribution in [0.4, 0.5) is 0 Å². The predicted octanol–water partition coefficient (Wildman–Crippen LogP) is 2.70. The summed E-state index contributed by atoms with van der Waals surface area (Å²) >= 11 is 13.6. The maximum Gasteiger partial charge on any atom is 0.320 e. The van der Waals surface area contributed by atoms with Gasteiger partial charge < -0.3 is 10.1 Å². The minimum atomic E-state index is -0.450. The second-order valence-electron chi connectivity index (χ2n) is 3.32. The van der Waals surface area contributed by atoms with Gasteiger partial charge in [0.1, 0.15) is 3.92 Å². The summed E-state index contributed by atoms with van der Waals surface area (Å²) in [5.41, 5.74) is 0.276. The van der Waals surface area contributed by atoms with Crippen molar-refractivity contribution in [2.45, 2.75) is 3.92 Å². The third-order valence-corrected chi connectivity index (χ3v) is 3.59. The highest BCUT2D eigenvalue weighted by Gasteiger charge is 2.17. The first kappa shape index (κ1) is 15.5. The Morgan fingerprint density at radius 3 is 2.72 bits per heavy atom. The van der Waals surface area contributed by atoms with Crippen molar-refractivity contribution in [3.8, 4) is 0 Å². The van der Waals surface area contributed by atoms with E-state index in [9.17, 15) is 9.59 Å². The molecule has 1 rings (SSSR count). The maximum absolute atomic E-state index is 11.8. The van der Waals surface area contributed by atoms with Gasteiger partial charge in [0.05, 0.1) is 17.7 Å². The zero-order valence-corrected chi connectivity index (χ0v) is 13.0. The molecule has 0 aliphatic carbocycles. The van der Waals surface area contributed by atoms with E-state index in [1.165, 1.54) is 13.2 Å². The quantitative estimate of drug-likeness (QED) is 0.479. The van der Waals surface area contributed by atoms with E-state index >= 15 is 0 Å². The van der Waals surface area contributed by atoms with Crippen molar-refractivity contribution < 1.29 is 14.3 Å². The number of hydrogen-bond donors (Lipinski definition) is 1. The number of esters is 1. The number of alkyl halides is 1. The van der Waals surface area contributed by atoms with Crippen molar-refractivity contribution in [2.24, 2.45) is 0 Å². The molecule has 0 fully saturated rings. The number of rotatable bonds is 4. The Hall–Kier alpha value is -0.530. The number of hydrogen-bond acceptors (Lipinski definition) is 3. The summed E-state index contributed by atoms with van der Waals surface area (Å²) < 4.78 is 4.10. The molecular formula is C11H10Cl2INO3. The highest BCUT2D eigenvalue weighted by atomic mass is 127. The van der Waals surface area contributed by atoms with Gasteiger partial charge in [-0.3, -0.25) is 9.59 Å². The van der Waals surface area contributed by atoms with Gasteiger partial charge in [-0.15, -0.1) is 0 Å². The van der Waals surface area contributed by atoms with Crippen LogP contribution >= 0.6 is 45.8 Å². The summed E-state index contributed by atoms with van der Waals surface area (Å²) in [6.07, 6.45) is 0. The number of benzene rings is 1. The molecule has 0 radical (unpaired) electrons. The first-order valence-corrected chi connectivity index (χ1v) is 6.91. The molecular weight excluding hydrogens is 392 g/mol. The fraction of sp³-hybridized carbons (Fsp3) is 0.273. The summed E-state index contributed by atoms with van der Waals surface area (Å²) in [5, 5.41) is 3.32. The van der Waals surface area contributed by atoms with Gasteiger partial charge in [-0.2, -0.15) is 0 Å². The SMILES string of the molecule is COC(=O)C(I)CNC(=O)c1cc(Cl)ccc1Cl. The molecule has 1 atom stereocenters. The van der Waals surface area contributed by atoms with Crippen LogP contribution in [0.2, 0.25) is 10.0 Å². The Kier molecular flexibility index (Phi) is 6.17. The molecule has 0 saturated carbocycles. The lowest BCUT2D eigenvalue weighted by molar-refractivity contribution is -0.139. The first-order chi connectivity index (χ1) is 8.45. The fourth-order valence-electron chi connectivity index (χ4n) is 1.16. The van der Waals surface area contributed by atoms with Gasteiger partial charge in [-0.25, -0.2) is 0 Å². The average molecular weight is 402 g/mol. The van der Waals surface area contributed by atoms with E-state index in [2.05, 4.69) is 10.1 Å². The Bertz CT molecular complexity index is 468. The van der Waals surface area contributed by atoms with Gasteiger partial charge in [0.15, 0.2) is 0 Å². The smallest absolute Gasteiger partial charge is 0.320 e. The van der Waals surface area contributed by atoms with Crippen LogP contribution in [0.15, 0.2) is 18.2 Å². The average Bonchev–Trinajstić information content (AvgIpc) is 2.37. The minimum absolute atomic E-state index is 0.162. The molecule has 0 bridgehead atoms. The van der Waals surface area contributed by atoms with Crippen LogP contribution in [0.3, 0.4) is 0 Å². The molecule has 0 heterocycles. The third-order valence-electron chi connectivity index (χ3n) is 2.07. The molecule has 0 spiro atoms. The summed E-state index contributed by atoms with van der Waals surface area (Å²) in [7, 11) is 1.30. The van der Waals surface area contributed by atoms with Crippen molar-refractivity contribution in [1.29, 1.82) is 0 Å². The van der Waals surface area contributed by atoms with Crippen molar-refractivity contribution in [2.75, 3.05) is 13.7 Å². The van der Waals surface area contributed by atoms with Crippen LogP contribution < -0.4 is 5.32 Å². The normalized spacial score (nSPS) is 11.8. The van der Waals surface area contributed by atoms with Crippen LogP contribution in [-0.4, -0.2) is 29.5 Å². The number of carbonyl (C=O) groups is 2. The van der Waals surface area contributed by atoms with Crippen molar-refractivity contribution in [1.82, 2.24) is 5.32 Å². The lowest BCUT2D eigenvalue weighted by atomic mass is 10.2. The molecule has 4 nitrogen and oxygen atoms in total. The molecule has 98 valence electrons. The van der Waals surface area contributed by atoms with Gasteiger partial charge >= 0.3 is 5.97 Å². The van der Waals surface area contributed by atoms with E-state index in [0.717, 1.165) is 0 Å². The van der Waals surface area contributed by atoms with E-state index in [1.807, 2.05) is 22.6 Å². The Morgan fingerprint density at radius 1 is 1.44 bits per heavy atom. The standard InChI is InChI=1S/C11H10Cl2INO3/c1-18-11(17)9(14)5-15-10(16)7-4-6(12)2-3-8(7)13/h2-4,9H,5H2,1H3,(H,15,16). The number of halogens is 3. The topological polar surface area (TPSA) is 55.4 Å². The van der Waals surface area contributed by atoms with Gasteiger partial charge in [0.25, 0.3) is 5.91 Å². The third kappa shape index (κ3) is 4.29. The van der Waals surface area contributed by atoms with E-state index in [1.54, 1.807) is 12.1 Å². The van der Waals surface area contributed by atoms with E-state index in [4.69, 9.17) is 23.2 Å². The molecule has 0 saturated heterocycles. The van der Waals surface area contributed by atoms with E-state index < -0.39 is 9.89 Å². The van der Waals surface area contributed by atoms with Crippen LogP contribution in [-0.2, 0) is 9.53 Å². The second kappa shape index (κ2) is 7.16. The predicted molar refractivity (Wildman–Crippen MR) is 78.6 cm³/mol. The monoisotopic (exact) mass is 401 g/mol. The molecule has 1 unspecified atom stereocenters. The number of methoxy groups -OCH3 is 1. The summed E-state index contributed by atoms with van der Waals surface area (Å²) in [5.74, 6) is -0.777. The number of ether oxygens (including phenoxy) is 1. The lowest BCUT2D eigenvalue weighted by Crippen LogP contribution is -2.33. The van der Waals surface area contributed by atoms with Gasteiger partial charge in [-0.1, -0.05) is 45.8 Å². The Labute approximate surface area is 128 Å². The summed E-state index contributed by atoms with van der Waals surface area (Å²) in [4.78, 5) is 23.0. The number of nitrogens with one attached hydrogen (secondary N) is 1. The highest BCUT2D eigenvalue weighted by molar-refractivity contribution is 14.1. The molecule has 1 aromatic carbocycles. The van der Waals surface area contributed by atoms with Crippen molar-refractivity contribution >= 4 is 57.7 Å². The Balaban J connectivity index is 2.66. The van der Waals surface area contributed by atoms with Crippen molar-refractivity contribution in [3.05, 3.63) is 33.8 Å². The van der Waals surface area contributed by atoms with E-state index in [-0.39, 0.29) is 18.0 Å². The molecule has 0 aliphatic rings. The zero-order valence-electron chi connectivity index (χ0n) is 9.38. The van der Waals surface area contributed by atoms with Crippen LogP contribution in [0.25, 0.3) is 0 Å². The van der Waals surface area contributed by atoms with Gasteiger partial charge in [0.2, 0.25) is 0 Å². The largest absolute Gasteiger partial charge is 0.468 e. The maximum atomic E-state index is 11.8. The molecule has 1 amide bonds. The molecule has 0 aromatic heterocycles. The summed E-state index contributed by atoms with van der Waals surface area (Å²) in [6, 6.07) is 4.61. The minimum Gasteiger partial charge on any atom is -0.468 e. The summed E-state index contributed by atoms with van der Waals surface area (Å²) in [6.45, 7) is 0.162. The van der Waals surface area contributed by atoms with Crippen LogP contribution in [0.5, 0.6) is 0 Å². The zero-order chi connectivity index (χ0) is 13.7. The first-order valence-electron chi connectivity index (χ1n) is 4.91. The van der Waals surface area contributed by atoms with Gasteiger partial charge in [-0.05, 0) is 18.2 Å². The molecule has 7 heteroatoms. The molecule has 1 N–H and O–H groups in total. The molecule has 1 aromatic rings. The second-order valence-corrected chi connectivity index (χ2v) is 5.67. The lowest BCUT2D eigenvalue weighted by Gasteiger charge is -2.10. The van der Waals surface area contributed by atoms with Crippen molar-refractivity contribution in [3.63, 3.8) is 0 Å².